The number of rotatable bonds is 4. The molecule has 0 amide bonds. The van der Waals surface area contributed by atoms with E-state index in [2.05, 4.69) is 36.7 Å². The van der Waals surface area contributed by atoms with Gasteiger partial charge in [0.25, 0.3) is 0 Å². The Balaban J connectivity index is 2.56. The Morgan fingerprint density at radius 2 is 2.00 bits per heavy atom. The summed E-state index contributed by atoms with van der Waals surface area (Å²) in [5.41, 5.74) is 7.34. The van der Waals surface area contributed by atoms with Crippen molar-refractivity contribution in [3.63, 3.8) is 0 Å². The fourth-order valence-corrected chi connectivity index (χ4v) is 2.14. The summed E-state index contributed by atoms with van der Waals surface area (Å²) in [6, 6.07) is 5.19. The molecule has 0 aromatic heterocycles. The van der Waals surface area contributed by atoms with Gasteiger partial charge in [-0.15, -0.1) is 0 Å². The summed E-state index contributed by atoms with van der Waals surface area (Å²) in [4.78, 5) is 0. The van der Waals surface area contributed by atoms with Crippen LogP contribution in [0.5, 0.6) is 0 Å². The first kappa shape index (κ1) is 14.7. The minimum Gasteiger partial charge on any atom is -0.327 e. The van der Waals surface area contributed by atoms with Crippen LogP contribution in [0.3, 0.4) is 0 Å². The lowest BCUT2D eigenvalue weighted by atomic mass is 9.87. The van der Waals surface area contributed by atoms with E-state index in [9.17, 15) is 4.39 Å². The third kappa shape index (κ3) is 5.17. The van der Waals surface area contributed by atoms with Gasteiger partial charge in [0.15, 0.2) is 0 Å². The molecule has 0 aliphatic carbocycles. The minimum absolute atomic E-state index is 0.0901. The maximum absolute atomic E-state index is 13.3. The van der Waals surface area contributed by atoms with Gasteiger partial charge in [0, 0.05) is 6.04 Å². The van der Waals surface area contributed by atoms with Gasteiger partial charge in [-0.1, -0.05) is 32.9 Å². The van der Waals surface area contributed by atoms with Crippen molar-refractivity contribution < 1.29 is 4.39 Å². The molecule has 1 nitrogen and oxygen atoms in total. The lowest BCUT2D eigenvalue weighted by molar-refractivity contribution is 0.347. The van der Waals surface area contributed by atoms with E-state index < -0.39 is 0 Å². The first-order valence-corrected chi connectivity index (χ1v) is 6.77. The van der Waals surface area contributed by atoms with E-state index in [-0.39, 0.29) is 11.9 Å². The van der Waals surface area contributed by atoms with E-state index in [4.69, 9.17) is 5.73 Å². The van der Waals surface area contributed by atoms with Crippen LogP contribution >= 0.6 is 15.9 Å². The van der Waals surface area contributed by atoms with Gasteiger partial charge >= 0.3 is 0 Å². The highest BCUT2D eigenvalue weighted by atomic mass is 79.9. The molecule has 0 heterocycles. The minimum atomic E-state index is -0.217. The zero-order valence-electron chi connectivity index (χ0n) is 10.8. The highest BCUT2D eigenvalue weighted by molar-refractivity contribution is 9.10. The molecule has 1 atom stereocenters. The number of nitrogens with two attached hydrogens (primary N) is 1. The highest BCUT2D eigenvalue weighted by Crippen LogP contribution is 2.25. The predicted octanol–water partition coefficient (Wildman–Crippen LogP) is 4.28. The third-order valence-electron chi connectivity index (χ3n) is 2.78. The molecule has 0 fully saturated rings. The Kier molecular flexibility index (Phi) is 5.14. The zero-order chi connectivity index (χ0) is 13.1. The summed E-state index contributed by atoms with van der Waals surface area (Å²) < 4.78 is 13.9. The molecule has 17 heavy (non-hydrogen) atoms. The summed E-state index contributed by atoms with van der Waals surface area (Å²) >= 11 is 3.27. The molecule has 0 aliphatic heterocycles. The first-order chi connectivity index (χ1) is 7.79. The highest BCUT2D eigenvalue weighted by Gasteiger charge is 2.14. The van der Waals surface area contributed by atoms with E-state index >= 15 is 0 Å². The molecule has 1 unspecified atom stereocenters. The smallest absolute Gasteiger partial charge is 0.137 e. The van der Waals surface area contributed by atoms with Crippen LogP contribution in [0.4, 0.5) is 4.39 Å². The Hall–Kier alpha value is -0.410. The van der Waals surface area contributed by atoms with Gasteiger partial charge < -0.3 is 5.73 Å². The van der Waals surface area contributed by atoms with Crippen molar-refractivity contribution in [1.29, 1.82) is 0 Å². The van der Waals surface area contributed by atoms with Gasteiger partial charge in [-0.25, -0.2) is 4.39 Å². The van der Waals surface area contributed by atoms with Crippen molar-refractivity contribution in [1.82, 2.24) is 0 Å². The normalized spacial score (nSPS) is 13.8. The molecule has 0 saturated carbocycles. The monoisotopic (exact) mass is 301 g/mol. The molecule has 0 aliphatic rings. The maximum Gasteiger partial charge on any atom is 0.137 e. The molecule has 1 aromatic rings. The summed E-state index contributed by atoms with van der Waals surface area (Å²) in [5, 5.41) is 0. The second kappa shape index (κ2) is 5.96. The molecule has 0 bridgehead atoms. The molecule has 1 aromatic carbocycles. The second-order valence-corrected chi connectivity index (χ2v) is 6.57. The Morgan fingerprint density at radius 1 is 1.35 bits per heavy atom. The summed E-state index contributed by atoms with van der Waals surface area (Å²) in [6.45, 7) is 6.62. The molecule has 3 heteroatoms. The Bertz CT molecular complexity index is 371. The number of hydrogen-bond donors (Lipinski definition) is 1. The van der Waals surface area contributed by atoms with Crippen LogP contribution in [0.15, 0.2) is 22.7 Å². The van der Waals surface area contributed by atoms with Gasteiger partial charge in [-0.3, -0.25) is 0 Å². The summed E-state index contributed by atoms with van der Waals surface area (Å²) in [6.07, 6.45) is 2.77. The summed E-state index contributed by atoms with van der Waals surface area (Å²) in [5.74, 6) is -0.217. The van der Waals surface area contributed by atoms with E-state index in [0.717, 1.165) is 18.4 Å². The van der Waals surface area contributed by atoms with Gasteiger partial charge in [-0.05, 0) is 52.2 Å². The van der Waals surface area contributed by atoms with Crippen LogP contribution in [0.1, 0.15) is 39.2 Å². The fraction of sp³-hybridized carbons (Fsp3) is 0.571. The van der Waals surface area contributed by atoms with E-state index in [1.54, 1.807) is 6.07 Å². The summed E-state index contributed by atoms with van der Waals surface area (Å²) in [7, 11) is 0. The fourth-order valence-electron chi connectivity index (χ4n) is 1.71. The molecule has 0 saturated heterocycles. The molecule has 96 valence electrons. The van der Waals surface area contributed by atoms with Crippen molar-refractivity contribution in [2.24, 2.45) is 11.1 Å². The van der Waals surface area contributed by atoms with Gasteiger partial charge in [0.05, 0.1) is 4.47 Å². The number of benzene rings is 1. The molecular formula is C14H21BrFN. The maximum atomic E-state index is 13.3. The SMILES string of the molecule is CC(C)(C)CCC(N)Cc1cccc(F)c1Br. The van der Waals surface area contributed by atoms with Gasteiger partial charge in [-0.2, -0.15) is 0 Å². The van der Waals surface area contributed by atoms with Crippen molar-refractivity contribution in [3.8, 4) is 0 Å². The van der Waals surface area contributed by atoms with Crippen LogP contribution in [0.2, 0.25) is 0 Å². The molecule has 2 N–H and O–H groups in total. The quantitative estimate of drug-likeness (QED) is 0.882. The third-order valence-corrected chi connectivity index (χ3v) is 3.67. The van der Waals surface area contributed by atoms with Gasteiger partial charge in [0.2, 0.25) is 0 Å². The molecule has 1 rings (SSSR count). The lowest BCUT2D eigenvalue weighted by Gasteiger charge is -2.21. The average Bonchev–Trinajstić information content (AvgIpc) is 2.21. The van der Waals surface area contributed by atoms with E-state index in [1.807, 2.05) is 6.07 Å². The van der Waals surface area contributed by atoms with Crippen molar-refractivity contribution >= 4 is 15.9 Å². The Morgan fingerprint density at radius 3 is 2.59 bits per heavy atom. The predicted molar refractivity (Wildman–Crippen MR) is 74.5 cm³/mol. The standard InChI is InChI=1S/C14H21BrFN/c1-14(2,3)8-7-11(17)9-10-5-4-6-12(16)13(10)15/h4-6,11H,7-9,17H2,1-3H3. The van der Waals surface area contributed by atoms with Crippen LogP contribution in [-0.4, -0.2) is 6.04 Å². The lowest BCUT2D eigenvalue weighted by Crippen LogP contribution is -2.25. The van der Waals surface area contributed by atoms with Crippen molar-refractivity contribution in [2.75, 3.05) is 0 Å². The molecule has 0 spiro atoms. The number of hydrogen-bond acceptors (Lipinski definition) is 1. The molecular weight excluding hydrogens is 281 g/mol. The average molecular weight is 302 g/mol. The van der Waals surface area contributed by atoms with Crippen molar-refractivity contribution in [3.05, 3.63) is 34.1 Å². The Labute approximate surface area is 112 Å². The van der Waals surface area contributed by atoms with Crippen LogP contribution in [0, 0.1) is 11.2 Å². The van der Waals surface area contributed by atoms with E-state index in [1.165, 1.54) is 6.07 Å². The van der Waals surface area contributed by atoms with Crippen LogP contribution in [-0.2, 0) is 6.42 Å². The second-order valence-electron chi connectivity index (χ2n) is 5.78. The van der Waals surface area contributed by atoms with E-state index in [0.29, 0.717) is 16.3 Å². The van der Waals surface area contributed by atoms with Crippen LogP contribution in [0.25, 0.3) is 0 Å². The van der Waals surface area contributed by atoms with Crippen LogP contribution < -0.4 is 5.73 Å². The first-order valence-electron chi connectivity index (χ1n) is 5.98. The zero-order valence-corrected chi connectivity index (χ0v) is 12.3. The largest absolute Gasteiger partial charge is 0.327 e. The van der Waals surface area contributed by atoms with Gasteiger partial charge in [0.1, 0.15) is 5.82 Å². The van der Waals surface area contributed by atoms with Crippen molar-refractivity contribution in [2.45, 2.75) is 46.1 Å². The topological polar surface area (TPSA) is 26.0 Å². The molecule has 0 radical (unpaired) electrons. The number of halogens is 2.